The summed E-state index contributed by atoms with van der Waals surface area (Å²) in [6, 6.07) is 10.1. The zero-order valence-electron chi connectivity index (χ0n) is 17.0. The average Bonchev–Trinajstić information content (AvgIpc) is 3.15. The third-order valence-electron chi connectivity index (χ3n) is 4.44. The number of rotatable bonds is 5. The van der Waals surface area contributed by atoms with E-state index in [9.17, 15) is 22.8 Å². The van der Waals surface area contributed by atoms with E-state index in [0.29, 0.717) is 16.5 Å². The fourth-order valence-corrected chi connectivity index (χ4v) is 3.92. The van der Waals surface area contributed by atoms with E-state index in [1.54, 1.807) is 5.38 Å². The molecule has 31 heavy (non-hydrogen) atoms. The number of esters is 1. The fourth-order valence-electron chi connectivity index (χ4n) is 3.05. The van der Waals surface area contributed by atoms with Gasteiger partial charge >= 0.3 is 12.1 Å². The maximum Gasteiger partial charge on any atom is 0.417 e. The van der Waals surface area contributed by atoms with Crippen molar-refractivity contribution in [1.29, 1.82) is 0 Å². The number of anilines is 2. The summed E-state index contributed by atoms with van der Waals surface area (Å²) in [5.41, 5.74) is 1.32. The van der Waals surface area contributed by atoms with Crippen molar-refractivity contribution in [2.24, 2.45) is 0 Å². The summed E-state index contributed by atoms with van der Waals surface area (Å²) in [7, 11) is 0. The van der Waals surface area contributed by atoms with Gasteiger partial charge in [0.1, 0.15) is 6.61 Å². The van der Waals surface area contributed by atoms with Crippen molar-refractivity contribution in [2.75, 3.05) is 4.90 Å². The molecule has 5 nitrogen and oxygen atoms in total. The zero-order valence-corrected chi connectivity index (χ0v) is 17.8. The zero-order chi connectivity index (χ0) is 22.8. The van der Waals surface area contributed by atoms with Crippen LogP contribution in [0.15, 0.2) is 47.8 Å². The molecule has 0 unspecified atom stereocenters. The van der Waals surface area contributed by atoms with Gasteiger partial charge in [0.2, 0.25) is 5.91 Å². The summed E-state index contributed by atoms with van der Waals surface area (Å²) < 4.78 is 44.4. The quantitative estimate of drug-likeness (QED) is 0.462. The van der Waals surface area contributed by atoms with Crippen LogP contribution in [0.2, 0.25) is 0 Å². The SMILES string of the molecule is CC(=O)N(c1nc(COC(=O)c2ccccc2C(F)(F)F)cs1)c1ccc(C)cc1C. The molecule has 0 aliphatic rings. The second-order valence-electron chi connectivity index (χ2n) is 6.89. The number of alkyl halides is 3. The Bertz CT molecular complexity index is 1130. The number of aromatic nitrogens is 1. The molecule has 0 spiro atoms. The van der Waals surface area contributed by atoms with E-state index in [-0.39, 0.29) is 12.5 Å². The highest BCUT2D eigenvalue weighted by Crippen LogP contribution is 2.33. The molecule has 0 N–H and O–H groups in total. The lowest BCUT2D eigenvalue weighted by Gasteiger charge is -2.20. The minimum absolute atomic E-state index is 0.246. The number of carbonyl (C=O) groups excluding carboxylic acids is 2. The number of carbonyl (C=O) groups is 2. The lowest BCUT2D eigenvalue weighted by Crippen LogP contribution is -2.23. The second kappa shape index (κ2) is 8.89. The number of benzene rings is 2. The topological polar surface area (TPSA) is 59.5 Å². The summed E-state index contributed by atoms with van der Waals surface area (Å²) in [4.78, 5) is 30.3. The van der Waals surface area contributed by atoms with E-state index < -0.39 is 23.3 Å². The number of halogens is 3. The van der Waals surface area contributed by atoms with Gasteiger partial charge in [0.25, 0.3) is 0 Å². The van der Waals surface area contributed by atoms with E-state index in [1.165, 1.54) is 35.3 Å². The molecule has 0 saturated carbocycles. The van der Waals surface area contributed by atoms with Gasteiger partial charge in [0.15, 0.2) is 5.13 Å². The predicted octanol–water partition coefficient (Wildman–Crippen LogP) is 5.82. The molecule has 0 atom stereocenters. The molecule has 0 fully saturated rings. The van der Waals surface area contributed by atoms with Crippen LogP contribution < -0.4 is 4.90 Å². The Morgan fingerprint density at radius 3 is 2.48 bits per heavy atom. The highest BCUT2D eigenvalue weighted by atomic mass is 32.1. The van der Waals surface area contributed by atoms with E-state index in [0.717, 1.165) is 23.3 Å². The monoisotopic (exact) mass is 448 g/mol. The van der Waals surface area contributed by atoms with Crippen molar-refractivity contribution in [3.05, 3.63) is 75.8 Å². The third-order valence-corrected chi connectivity index (χ3v) is 5.32. The molecule has 1 aromatic heterocycles. The normalized spacial score (nSPS) is 11.3. The molecule has 0 radical (unpaired) electrons. The third kappa shape index (κ3) is 5.11. The summed E-state index contributed by atoms with van der Waals surface area (Å²) in [5, 5.41) is 1.97. The molecule has 3 rings (SSSR count). The average molecular weight is 448 g/mol. The van der Waals surface area contributed by atoms with Crippen LogP contribution in [0.25, 0.3) is 0 Å². The first-order valence-electron chi connectivity index (χ1n) is 9.23. The van der Waals surface area contributed by atoms with Crippen LogP contribution in [0.1, 0.15) is 39.7 Å². The number of thiazole rings is 1. The summed E-state index contributed by atoms with van der Waals surface area (Å²) >= 11 is 1.17. The minimum atomic E-state index is -4.67. The molecule has 2 aromatic carbocycles. The van der Waals surface area contributed by atoms with Crippen molar-refractivity contribution >= 4 is 34.0 Å². The van der Waals surface area contributed by atoms with E-state index in [1.807, 2.05) is 32.0 Å². The second-order valence-corrected chi connectivity index (χ2v) is 7.72. The molecule has 0 saturated heterocycles. The largest absolute Gasteiger partial charge is 0.456 e. The van der Waals surface area contributed by atoms with Gasteiger partial charge in [0.05, 0.1) is 22.5 Å². The predicted molar refractivity (Wildman–Crippen MR) is 111 cm³/mol. The Labute approximate surface area is 181 Å². The molecule has 0 aliphatic carbocycles. The Balaban J connectivity index is 1.78. The van der Waals surface area contributed by atoms with Gasteiger partial charge < -0.3 is 4.74 Å². The Hall–Kier alpha value is -3.20. The molecular weight excluding hydrogens is 429 g/mol. The van der Waals surface area contributed by atoms with Crippen LogP contribution >= 0.6 is 11.3 Å². The van der Waals surface area contributed by atoms with Crippen molar-refractivity contribution < 1.29 is 27.5 Å². The van der Waals surface area contributed by atoms with Gasteiger partial charge in [-0.1, -0.05) is 29.8 Å². The smallest absolute Gasteiger partial charge is 0.417 e. The Kier molecular flexibility index (Phi) is 6.45. The number of hydrogen-bond acceptors (Lipinski definition) is 5. The molecule has 9 heteroatoms. The number of nitrogens with zero attached hydrogens (tertiary/aromatic N) is 2. The maximum absolute atomic E-state index is 13.1. The lowest BCUT2D eigenvalue weighted by atomic mass is 10.1. The van der Waals surface area contributed by atoms with E-state index in [4.69, 9.17) is 4.74 Å². The van der Waals surface area contributed by atoms with Crippen LogP contribution in [-0.2, 0) is 22.3 Å². The van der Waals surface area contributed by atoms with Crippen molar-refractivity contribution in [1.82, 2.24) is 4.98 Å². The van der Waals surface area contributed by atoms with Crippen molar-refractivity contribution in [2.45, 2.75) is 33.6 Å². The van der Waals surface area contributed by atoms with Crippen LogP contribution in [0, 0.1) is 13.8 Å². The van der Waals surface area contributed by atoms with Gasteiger partial charge in [-0.25, -0.2) is 9.78 Å². The number of ether oxygens (including phenoxy) is 1. The van der Waals surface area contributed by atoms with Crippen molar-refractivity contribution in [3.63, 3.8) is 0 Å². The minimum Gasteiger partial charge on any atom is -0.456 e. The first-order valence-corrected chi connectivity index (χ1v) is 10.1. The van der Waals surface area contributed by atoms with Crippen LogP contribution in [0.3, 0.4) is 0 Å². The molecule has 1 amide bonds. The van der Waals surface area contributed by atoms with Crippen molar-refractivity contribution in [3.8, 4) is 0 Å². The van der Waals surface area contributed by atoms with Crippen LogP contribution in [0.4, 0.5) is 24.0 Å². The molecule has 0 bridgehead atoms. The van der Waals surface area contributed by atoms with Crippen LogP contribution in [-0.4, -0.2) is 16.9 Å². The summed E-state index contributed by atoms with van der Waals surface area (Å²) in [6.45, 7) is 4.92. The standard InChI is InChI=1S/C22H19F3N2O3S/c1-13-8-9-19(14(2)10-13)27(15(3)28)21-26-16(12-31-21)11-30-20(29)17-6-4-5-7-18(17)22(23,24)25/h4-10,12H,11H2,1-3H3. The number of amides is 1. The molecular formula is C22H19F3N2O3S. The Morgan fingerprint density at radius 1 is 1.13 bits per heavy atom. The first-order chi connectivity index (χ1) is 14.6. The fraction of sp³-hybridized carbons (Fsp3) is 0.227. The molecule has 162 valence electrons. The lowest BCUT2D eigenvalue weighted by molar-refractivity contribution is -0.138. The van der Waals surface area contributed by atoms with E-state index in [2.05, 4.69) is 4.98 Å². The number of hydrogen-bond donors (Lipinski definition) is 0. The highest BCUT2D eigenvalue weighted by Gasteiger charge is 2.35. The number of aryl methyl sites for hydroxylation is 2. The highest BCUT2D eigenvalue weighted by molar-refractivity contribution is 7.14. The summed E-state index contributed by atoms with van der Waals surface area (Å²) in [6.07, 6.45) is -4.67. The molecule has 3 aromatic rings. The Morgan fingerprint density at radius 2 is 1.84 bits per heavy atom. The van der Waals surface area contributed by atoms with Gasteiger partial charge in [0, 0.05) is 12.3 Å². The van der Waals surface area contributed by atoms with E-state index >= 15 is 0 Å². The maximum atomic E-state index is 13.1. The summed E-state index contributed by atoms with van der Waals surface area (Å²) in [5.74, 6) is -1.34. The molecule has 1 heterocycles. The van der Waals surface area contributed by atoms with Gasteiger partial charge in [-0.3, -0.25) is 9.69 Å². The van der Waals surface area contributed by atoms with Gasteiger partial charge in [-0.05, 0) is 37.6 Å². The van der Waals surface area contributed by atoms with Crippen LogP contribution in [0.5, 0.6) is 0 Å². The van der Waals surface area contributed by atoms with Gasteiger partial charge in [-0.2, -0.15) is 13.2 Å². The molecule has 0 aliphatic heterocycles. The van der Waals surface area contributed by atoms with Gasteiger partial charge in [-0.15, -0.1) is 11.3 Å². The first kappa shape index (κ1) is 22.5.